The average molecular weight is 444 g/mol. The number of anilines is 1. The van der Waals surface area contributed by atoms with Crippen LogP contribution in [0.1, 0.15) is 38.8 Å². The van der Waals surface area contributed by atoms with Crippen molar-refractivity contribution in [2.75, 3.05) is 12.3 Å². The minimum absolute atomic E-state index is 0.0110. The van der Waals surface area contributed by atoms with Crippen LogP contribution in [0.25, 0.3) is 6.08 Å². The van der Waals surface area contributed by atoms with Gasteiger partial charge in [0.1, 0.15) is 6.61 Å². The largest absolute Gasteiger partial charge is 0.492 e. The van der Waals surface area contributed by atoms with Gasteiger partial charge in [-0.05, 0) is 50.4 Å². The molecule has 2 aromatic carbocycles. The molecular weight excluding hydrogens is 417 g/mol. The molecule has 0 atom stereocenters. The van der Waals surface area contributed by atoms with E-state index in [9.17, 15) is 13.6 Å². The molecule has 1 aliphatic rings. The van der Waals surface area contributed by atoms with E-state index in [4.69, 9.17) is 19.8 Å². The van der Waals surface area contributed by atoms with Crippen molar-refractivity contribution in [3.63, 3.8) is 0 Å². The standard InChI is InChI=1S/C23H27BF2N2O4/c1-22(2)23(3,4)32-24(31-22)17(10-16-11-18(25)19(26)12-20(16)27)13-28-21(29)30-14-15-8-6-5-7-9-15/h5-12H,13-14,27H2,1-4H3,(H,28,29). The summed E-state index contributed by atoms with van der Waals surface area (Å²) >= 11 is 0. The Hall–Kier alpha value is -2.91. The quantitative estimate of drug-likeness (QED) is 0.507. The third-order valence-electron chi connectivity index (χ3n) is 5.67. The fourth-order valence-corrected chi connectivity index (χ4v) is 3.05. The van der Waals surface area contributed by atoms with E-state index in [1.165, 1.54) is 6.08 Å². The molecule has 0 aromatic heterocycles. The summed E-state index contributed by atoms with van der Waals surface area (Å²) in [6, 6.07) is 11.1. The zero-order valence-corrected chi connectivity index (χ0v) is 18.6. The number of nitrogens with two attached hydrogens (primary N) is 1. The van der Waals surface area contributed by atoms with Crippen molar-refractivity contribution in [3.05, 3.63) is 70.7 Å². The number of halogens is 2. The Balaban J connectivity index is 1.78. The van der Waals surface area contributed by atoms with Gasteiger partial charge in [-0.3, -0.25) is 0 Å². The highest BCUT2D eigenvalue weighted by Crippen LogP contribution is 2.39. The molecular formula is C23H27BF2N2O4. The summed E-state index contributed by atoms with van der Waals surface area (Å²) in [6.45, 7) is 7.65. The number of carbonyl (C=O) groups excluding carboxylic acids is 1. The highest BCUT2D eigenvalue weighted by atomic mass is 19.2. The molecule has 1 saturated heterocycles. The van der Waals surface area contributed by atoms with Gasteiger partial charge in [-0.15, -0.1) is 0 Å². The van der Waals surface area contributed by atoms with Gasteiger partial charge in [0.05, 0.1) is 11.2 Å². The predicted molar refractivity (Wildman–Crippen MR) is 119 cm³/mol. The predicted octanol–water partition coefficient (Wildman–Crippen LogP) is 4.49. The molecule has 0 aliphatic carbocycles. The first-order chi connectivity index (χ1) is 15.0. The first-order valence-corrected chi connectivity index (χ1v) is 10.2. The Labute approximate surface area is 186 Å². The lowest BCUT2D eigenvalue weighted by Crippen LogP contribution is -2.41. The molecule has 2 aromatic rings. The number of nitrogen functional groups attached to an aromatic ring is 1. The molecule has 1 aliphatic heterocycles. The zero-order chi connectivity index (χ0) is 23.5. The first-order valence-electron chi connectivity index (χ1n) is 10.2. The van der Waals surface area contributed by atoms with E-state index in [0.29, 0.717) is 5.47 Å². The Morgan fingerprint density at radius 1 is 1.09 bits per heavy atom. The van der Waals surface area contributed by atoms with Crippen molar-refractivity contribution in [2.45, 2.75) is 45.5 Å². The monoisotopic (exact) mass is 444 g/mol. The van der Waals surface area contributed by atoms with Crippen LogP contribution >= 0.6 is 0 Å². The molecule has 1 fully saturated rings. The maximum atomic E-state index is 13.8. The van der Waals surface area contributed by atoms with E-state index in [1.807, 2.05) is 58.0 Å². The van der Waals surface area contributed by atoms with Gasteiger partial charge in [-0.1, -0.05) is 36.4 Å². The third-order valence-corrected chi connectivity index (χ3v) is 5.67. The molecule has 3 rings (SSSR count). The number of ether oxygens (including phenoxy) is 1. The maximum Gasteiger partial charge on any atom is 0.492 e. The van der Waals surface area contributed by atoms with Gasteiger partial charge in [-0.25, -0.2) is 13.6 Å². The van der Waals surface area contributed by atoms with Crippen LogP contribution in [0.5, 0.6) is 0 Å². The lowest BCUT2D eigenvalue weighted by molar-refractivity contribution is 0.00578. The number of alkyl carbamates (subject to hydrolysis) is 1. The van der Waals surface area contributed by atoms with Crippen LogP contribution in [0.4, 0.5) is 19.3 Å². The summed E-state index contributed by atoms with van der Waals surface area (Å²) in [5.41, 5.74) is 6.20. The van der Waals surface area contributed by atoms with Gasteiger partial charge in [0.15, 0.2) is 11.6 Å². The van der Waals surface area contributed by atoms with Gasteiger partial charge in [0.25, 0.3) is 0 Å². The maximum absolute atomic E-state index is 13.8. The van der Waals surface area contributed by atoms with Gasteiger partial charge < -0.3 is 25.1 Å². The third kappa shape index (κ3) is 5.47. The number of amides is 1. The van der Waals surface area contributed by atoms with Crippen molar-refractivity contribution in [1.29, 1.82) is 0 Å². The summed E-state index contributed by atoms with van der Waals surface area (Å²) < 4.78 is 44.6. The van der Waals surface area contributed by atoms with Crippen LogP contribution < -0.4 is 11.1 Å². The van der Waals surface area contributed by atoms with E-state index in [-0.39, 0.29) is 24.4 Å². The summed E-state index contributed by atoms with van der Waals surface area (Å²) in [7, 11) is -0.832. The molecule has 0 spiro atoms. The highest BCUT2D eigenvalue weighted by molar-refractivity contribution is 6.56. The summed E-state index contributed by atoms with van der Waals surface area (Å²) in [5, 5.41) is 2.65. The fourth-order valence-electron chi connectivity index (χ4n) is 3.05. The Morgan fingerprint density at radius 2 is 1.69 bits per heavy atom. The molecule has 6 nitrogen and oxygen atoms in total. The second-order valence-electron chi connectivity index (χ2n) is 8.62. The molecule has 1 heterocycles. The SMILES string of the molecule is CC1(C)OB(C(=Cc2cc(F)c(F)cc2N)CNC(=O)OCc2ccccc2)OC1(C)C. The van der Waals surface area contributed by atoms with Crippen LogP contribution in [0.2, 0.25) is 0 Å². The van der Waals surface area contributed by atoms with Crippen LogP contribution in [0.15, 0.2) is 47.9 Å². The van der Waals surface area contributed by atoms with Crippen molar-refractivity contribution < 1.29 is 27.6 Å². The van der Waals surface area contributed by atoms with Gasteiger partial charge in [-0.2, -0.15) is 0 Å². The average Bonchev–Trinajstić information content (AvgIpc) is 2.95. The molecule has 0 bridgehead atoms. The van der Waals surface area contributed by atoms with E-state index >= 15 is 0 Å². The molecule has 170 valence electrons. The molecule has 32 heavy (non-hydrogen) atoms. The summed E-state index contributed by atoms with van der Waals surface area (Å²) in [5.74, 6) is -2.08. The molecule has 0 radical (unpaired) electrons. The highest BCUT2D eigenvalue weighted by Gasteiger charge is 2.52. The molecule has 0 unspecified atom stereocenters. The van der Waals surface area contributed by atoms with Gasteiger partial charge in [0.2, 0.25) is 0 Å². The summed E-state index contributed by atoms with van der Waals surface area (Å²) in [6.07, 6.45) is 0.881. The molecule has 0 saturated carbocycles. The van der Waals surface area contributed by atoms with Crippen molar-refractivity contribution >= 4 is 25.0 Å². The molecule has 1 amide bonds. The van der Waals surface area contributed by atoms with E-state index in [0.717, 1.165) is 17.7 Å². The second-order valence-corrected chi connectivity index (χ2v) is 8.62. The van der Waals surface area contributed by atoms with E-state index in [2.05, 4.69) is 5.32 Å². The number of hydrogen-bond donors (Lipinski definition) is 2. The van der Waals surface area contributed by atoms with E-state index in [1.54, 1.807) is 0 Å². The minimum Gasteiger partial charge on any atom is -0.445 e. The number of benzene rings is 2. The minimum atomic E-state index is -1.04. The van der Waals surface area contributed by atoms with Crippen LogP contribution in [0.3, 0.4) is 0 Å². The topological polar surface area (TPSA) is 82.8 Å². The Kier molecular flexibility index (Phi) is 6.90. The number of carbonyl (C=O) groups is 1. The number of rotatable bonds is 6. The lowest BCUT2D eigenvalue weighted by Gasteiger charge is -2.32. The van der Waals surface area contributed by atoms with Crippen LogP contribution in [0, 0.1) is 11.6 Å². The lowest BCUT2D eigenvalue weighted by atomic mass is 9.77. The number of nitrogens with one attached hydrogen (secondary N) is 1. The Bertz CT molecular complexity index is 997. The number of hydrogen-bond acceptors (Lipinski definition) is 5. The van der Waals surface area contributed by atoms with Crippen molar-refractivity contribution in [1.82, 2.24) is 5.32 Å². The van der Waals surface area contributed by atoms with Gasteiger partial charge in [0, 0.05) is 18.3 Å². The van der Waals surface area contributed by atoms with Crippen molar-refractivity contribution in [2.24, 2.45) is 0 Å². The zero-order valence-electron chi connectivity index (χ0n) is 18.6. The Morgan fingerprint density at radius 3 is 2.31 bits per heavy atom. The smallest absolute Gasteiger partial charge is 0.445 e. The fraction of sp³-hybridized carbons (Fsp3) is 0.348. The molecule has 3 N–H and O–H groups in total. The molecule has 9 heteroatoms. The van der Waals surface area contributed by atoms with Crippen LogP contribution in [-0.4, -0.2) is 31.0 Å². The normalized spacial score (nSPS) is 17.3. The first kappa shape index (κ1) is 23.8. The van der Waals surface area contributed by atoms with E-state index < -0.39 is 36.0 Å². The van der Waals surface area contributed by atoms with Crippen LogP contribution in [-0.2, 0) is 20.7 Å². The van der Waals surface area contributed by atoms with Gasteiger partial charge >= 0.3 is 13.2 Å². The summed E-state index contributed by atoms with van der Waals surface area (Å²) in [4.78, 5) is 12.2. The second kappa shape index (κ2) is 9.30. The van der Waals surface area contributed by atoms with Crippen molar-refractivity contribution in [3.8, 4) is 0 Å².